The maximum absolute atomic E-state index is 11.7. The van der Waals surface area contributed by atoms with Crippen molar-refractivity contribution in [2.75, 3.05) is 0 Å². The van der Waals surface area contributed by atoms with Crippen molar-refractivity contribution in [1.82, 2.24) is 10.3 Å². The van der Waals surface area contributed by atoms with Crippen LogP contribution in [0.3, 0.4) is 0 Å². The zero-order valence-electron chi connectivity index (χ0n) is 12.2. The van der Waals surface area contributed by atoms with Gasteiger partial charge in [-0.3, -0.25) is 4.79 Å². The highest BCUT2D eigenvalue weighted by Gasteiger charge is 2.31. The second kappa shape index (κ2) is 5.09. The van der Waals surface area contributed by atoms with Crippen molar-refractivity contribution < 1.29 is 4.79 Å². The van der Waals surface area contributed by atoms with Gasteiger partial charge in [-0.15, -0.1) is 0 Å². The molecule has 3 aromatic rings. The quantitative estimate of drug-likeness (QED) is 0.756. The summed E-state index contributed by atoms with van der Waals surface area (Å²) in [7, 11) is 0. The highest BCUT2D eigenvalue weighted by atomic mass is 16.1. The Kier molecular flexibility index (Phi) is 3.26. The van der Waals surface area contributed by atoms with E-state index in [0.717, 1.165) is 22.0 Å². The van der Waals surface area contributed by atoms with E-state index in [0.29, 0.717) is 0 Å². The average Bonchev–Trinajstić information content (AvgIpc) is 2.92. The van der Waals surface area contributed by atoms with Gasteiger partial charge in [0.2, 0.25) is 5.91 Å². The van der Waals surface area contributed by atoms with Crippen molar-refractivity contribution in [3.8, 4) is 0 Å². The lowest BCUT2D eigenvalue weighted by atomic mass is 9.84. The van der Waals surface area contributed by atoms with Gasteiger partial charge in [0, 0.05) is 29.6 Å². The fraction of sp³-hybridized carbons (Fsp3) is 0.167. The number of amides is 1. The first-order chi connectivity index (χ1) is 10.1. The van der Waals surface area contributed by atoms with Crippen LogP contribution in [0.15, 0.2) is 60.8 Å². The number of benzene rings is 2. The Bertz CT molecular complexity index is 776. The predicted octanol–water partition coefficient (Wildman–Crippen LogP) is 3.57. The summed E-state index contributed by atoms with van der Waals surface area (Å²) in [4.78, 5) is 15.0. The van der Waals surface area contributed by atoms with Crippen LogP contribution in [0, 0.1) is 0 Å². The van der Waals surface area contributed by atoms with Crippen LogP contribution < -0.4 is 5.32 Å². The molecule has 0 saturated carbocycles. The summed E-state index contributed by atoms with van der Waals surface area (Å²) in [6.07, 6.45) is 1.98. The number of carbonyl (C=O) groups is 1. The SMILES string of the molecule is CC(=O)N[C@](C)(c1ccccc1)c1c[nH]c2ccccc12. The number of carbonyl (C=O) groups excluding carboxylic acids is 1. The highest BCUT2D eigenvalue weighted by molar-refractivity contribution is 5.86. The van der Waals surface area contributed by atoms with Crippen molar-refractivity contribution in [2.24, 2.45) is 0 Å². The molecule has 3 nitrogen and oxygen atoms in total. The van der Waals surface area contributed by atoms with Crippen molar-refractivity contribution in [2.45, 2.75) is 19.4 Å². The monoisotopic (exact) mass is 278 g/mol. The molecule has 2 aromatic carbocycles. The molecule has 0 aliphatic heterocycles. The fourth-order valence-corrected chi connectivity index (χ4v) is 2.90. The van der Waals surface area contributed by atoms with Crippen LogP contribution >= 0.6 is 0 Å². The Labute approximate surface area is 124 Å². The first-order valence-corrected chi connectivity index (χ1v) is 7.02. The van der Waals surface area contributed by atoms with Gasteiger partial charge >= 0.3 is 0 Å². The molecule has 0 spiro atoms. The van der Waals surface area contributed by atoms with E-state index < -0.39 is 5.54 Å². The Morgan fingerprint density at radius 3 is 2.43 bits per heavy atom. The number of nitrogens with one attached hydrogen (secondary N) is 2. The van der Waals surface area contributed by atoms with Crippen LogP contribution in [0.2, 0.25) is 0 Å². The topological polar surface area (TPSA) is 44.9 Å². The molecule has 0 bridgehead atoms. The predicted molar refractivity (Wildman–Crippen MR) is 85.0 cm³/mol. The molecule has 3 rings (SSSR count). The summed E-state index contributed by atoms with van der Waals surface area (Å²) < 4.78 is 0. The molecule has 21 heavy (non-hydrogen) atoms. The molecule has 1 amide bonds. The molecule has 1 aromatic heterocycles. The number of para-hydroxylation sites is 1. The van der Waals surface area contributed by atoms with E-state index in [4.69, 9.17) is 0 Å². The van der Waals surface area contributed by atoms with Crippen LogP contribution in [-0.2, 0) is 10.3 Å². The number of rotatable bonds is 3. The minimum Gasteiger partial charge on any atom is -0.361 e. The first-order valence-electron chi connectivity index (χ1n) is 7.02. The van der Waals surface area contributed by atoms with Crippen LogP contribution in [0.1, 0.15) is 25.0 Å². The van der Waals surface area contributed by atoms with Gasteiger partial charge in [0.15, 0.2) is 0 Å². The number of aromatic nitrogens is 1. The second-order valence-electron chi connectivity index (χ2n) is 5.42. The number of hydrogen-bond acceptors (Lipinski definition) is 1. The van der Waals surface area contributed by atoms with Gasteiger partial charge in [-0.05, 0) is 18.6 Å². The van der Waals surface area contributed by atoms with Gasteiger partial charge in [0.05, 0.1) is 5.54 Å². The molecule has 0 aliphatic rings. The molecule has 0 saturated heterocycles. The standard InChI is InChI=1S/C18H18N2O/c1-13(21)20-18(2,14-8-4-3-5-9-14)16-12-19-17-11-7-6-10-15(16)17/h3-12,19H,1-2H3,(H,20,21)/t18-/m1/s1. The lowest BCUT2D eigenvalue weighted by molar-refractivity contribution is -0.120. The summed E-state index contributed by atoms with van der Waals surface area (Å²) in [5.74, 6) is -0.0494. The molecule has 0 unspecified atom stereocenters. The lowest BCUT2D eigenvalue weighted by Crippen LogP contribution is -2.43. The zero-order valence-corrected chi connectivity index (χ0v) is 12.2. The van der Waals surface area contributed by atoms with Crippen molar-refractivity contribution in [1.29, 1.82) is 0 Å². The van der Waals surface area contributed by atoms with Crippen molar-refractivity contribution >= 4 is 16.8 Å². The van der Waals surface area contributed by atoms with Gasteiger partial charge in [0.25, 0.3) is 0 Å². The van der Waals surface area contributed by atoms with E-state index >= 15 is 0 Å². The average molecular weight is 278 g/mol. The highest BCUT2D eigenvalue weighted by Crippen LogP contribution is 2.34. The molecular weight excluding hydrogens is 260 g/mol. The Morgan fingerprint density at radius 2 is 1.71 bits per heavy atom. The van der Waals surface area contributed by atoms with Gasteiger partial charge in [-0.25, -0.2) is 0 Å². The van der Waals surface area contributed by atoms with Crippen LogP contribution in [-0.4, -0.2) is 10.9 Å². The maximum atomic E-state index is 11.7. The number of H-pyrrole nitrogens is 1. The molecule has 106 valence electrons. The molecule has 1 heterocycles. The van der Waals surface area contributed by atoms with E-state index in [2.05, 4.69) is 16.4 Å². The molecule has 0 fully saturated rings. The summed E-state index contributed by atoms with van der Waals surface area (Å²) in [6.45, 7) is 3.59. The number of fused-ring (bicyclic) bond motifs is 1. The van der Waals surface area contributed by atoms with Crippen molar-refractivity contribution in [3.05, 3.63) is 71.9 Å². The van der Waals surface area contributed by atoms with Gasteiger partial charge in [-0.1, -0.05) is 48.5 Å². The second-order valence-corrected chi connectivity index (χ2v) is 5.42. The summed E-state index contributed by atoms with van der Waals surface area (Å²) in [6, 6.07) is 18.2. The third kappa shape index (κ3) is 2.31. The normalized spacial score (nSPS) is 13.8. The van der Waals surface area contributed by atoms with Crippen LogP contribution in [0.4, 0.5) is 0 Å². The molecule has 3 heteroatoms. The molecule has 0 aliphatic carbocycles. The number of aromatic amines is 1. The third-order valence-electron chi connectivity index (χ3n) is 3.91. The minimum atomic E-state index is -0.563. The smallest absolute Gasteiger partial charge is 0.217 e. The molecule has 0 radical (unpaired) electrons. The number of hydrogen-bond donors (Lipinski definition) is 2. The molecule has 2 N–H and O–H groups in total. The fourth-order valence-electron chi connectivity index (χ4n) is 2.90. The Morgan fingerprint density at radius 1 is 1.05 bits per heavy atom. The Hall–Kier alpha value is -2.55. The minimum absolute atomic E-state index is 0.0494. The van der Waals surface area contributed by atoms with E-state index in [-0.39, 0.29) is 5.91 Å². The summed E-state index contributed by atoms with van der Waals surface area (Å²) >= 11 is 0. The largest absolute Gasteiger partial charge is 0.361 e. The zero-order chi connectivity index (χ0) is 14.9. The third-order valence-corrected chi connectivity index (χ3v) is 3.91. The van der Waals surface area contributed by atoms with Gasteiger partial charge < -0.3 is 10.3 Å². The summed E-state index contributed by atoms with van der Waals surface area (Å²) in [5.41, 5.74) is 2.64. The van der Waals surface area contributed by atoms with E-state index in [1.54, 1.807) is 6.92 Å². The summed E-state index contributed by atoms with van der Waals surface area (Å²) in [5, 5.41) is 4.23. The van der Waals surface area contributed by atoms with E-state index in [1.165, 1.54) is 0 Å². The maximum Gasteiger partial charge on any atom is 0.217 e. The van der Waals surface area contributed by atoms with Crippen molar-refractivity contribution in [3.63, 3.8) is 0 Å². The molecule has 1 atom stereocenters. The Balaban J connectivity index is 2.22. The van der Waals surface area contributed by atoms with Crippen LogP contribution in [0.5, 0.6) is 0 Å². The van der Waals surface area contributed by atoms with Gasteiger partial charge in [0.1, 0.15) is 0 Å². The van der Waals surface area contributed by atoms with Crippen LogP contribution in [0.25, 0.3) is 10.9 Å². The first kappa shape index (κ1) is 13.4. The molecular formula is C18H18N2O. The van der Waals surface area contributed by atoms with E-state index in [1.807, 2.05) is 61.7 Å². The van der Waals surface area contributed by atoms with E-state index in [9.17, 15) is 4.79 Å². The lowest BCUT2D eigenvalue weighted by Gasteiger charge is -2.31. The van der Waals surface area contributed by atoms with Gasteiger partial charge in [-0.2, -0.15) is 0 Å².